The number of benzene rings is 1. The maximum Gasteiger partial charge on any atom is 0.188 e. The van der Waals surface area contributed by atoms with Crippen molar-refractivity contribution in [1.82, 2.24) is 15.2 Å². The van der Waals surface area contributed by atoms with Crippen molar-refractivity contribution in [3.63, 3.8) is 0 Å². The van der Waals surface area contributed by atoms with Gasteiger partial charge in [-0.3, -0.25) is 5.10 Å². The number of hydrogen-bond donors (Lipinski definition) is 2. The highest BCUT2D eigenvalue weighted by molar-refractivity contribution is 7.99. The van der Waals surface area contributed by atoms with E-state index in [9.17, 15) is 0 Å². The van der Waals surface area contributed by atoms with Crippen LogP contribution in [0, 0.1) is 5.92 Å². The van der Waals surface area contributed by atoms with Crippen molar-refractivity contribution in [1.29, 1.82) is 0 Å². The largest absolute Gasteiger partial charge is 0.382 e. The Bertz CT molecular complexity index is 517. The van der Waals surface area contributed by atoms with Gasteiger partial charge in [0.1, 0.15) is 6.33 Å². The molecule has 1 saturated carbocycles. The first-order valence-corrected chi connectivity index (χ1v) is 8.03. The van der Waals surface area contributed by atoms with Gasteiger partial charge in [0.2, 0.25) is 0 Å². The van der Waals surface area contributed by atoms with Crippen LogP contribution < -0.4 is 5.32 Å². The topological polar surface area (TPSA) is 53.6 Å². The fourth-order valence-corrected chi connectivity index (χ4v) is 3.51. The van der Waals surface area contributed by atoms with E-state index in [4.69, 9.17) is 0 Å². The third-order valence-electron chi connectivity index (χ3n) is 3.96. The summed E-state index contributed by atoms with van der Waals surface area (Å²) in [6.45, 7) is 2.30. The number of anilines is 1. The molecule has 0 radical (unpaired) electrons. The second kappa shape index (κ2) is 6.31. The summed E-state index contributed by atoms with van der Waals surface area (Å²) in [4.78, 5) is 5.28. The fourth-order valence-electron chi connectivity index (χ4n) is 2.81. The average molecular weight is 288 g/mol. The third kappa shape index (κ3) is 3.33. The molecule has 0 bridgehead atoms. The maximum atomic E-state index is 4.12. The zero-order valence-electron chi connectivity index (χ0n) is 11.7. The van der Waals surface area contributed by atoms with Crippen molar-refractivity contribution in [2.45, 2.75) is 48.7 Å². The third-order valence-corrected chi connectivity index (χ3v) is 4.86. The SMILES string of the molecule is CC(Nc1ccc(Sc2ncn[nH]2)cc1)C1CCCC1. The van der Waals surface area contributed by atoms with Crippen LogP contribution in [-0.4, -0.2) is 21.2 Å². The predicted molar refractivity (Wildman–Crippen MR) is 82.0 cm³/mol. The molecule has 1 aromatic heterocycles. The van der Waals surface area contributed by atoms with Crippen molar-refractivity contribution >= 4 is 17.4 Å². The molecule has 0 saturated heterocycles. The minimum Gasteiger partial charge on any atom is -0.382 e. The quantitative estimate of drug-likeness (QED) is 0.875. The van der Waals surface area contributed by atoms with Crippen LogP contribution in [0.1, 0.15) is 32.6 Å². The second-order valence-corrected chi connectivity index (χ2v) is 6.46. The smallest absolute Gasteiger partial charge is 0.188 e. The summed E-state index contributed by atoms with van der Waals surface area (Å²) in [5.74, 6) is 0.832. The molecule has 5 heteroatoms. The minimum absolute atomic E-state index is 0.560. The van der Waals surface area contributed by atoms with E-state index in [1.54, 1.807) is 11.8 Å². The zero-order chi connectivity index (χ0) is 13.8. The summed E-state index contributed by atoms with van der Waals surface area (Å²) in [7, 11) is 0. The Labute approximate surface area is 123 Å². The van der Waals surface area contributed by atoms with Gasteiger partial charge in [-0.2, -0.15) is 5.10 Å². The van der Waals surface area contributed by atoms with E-state index in [0.29, 0.717) is 6.04 Å². The lowest BCUT2D eigenvalue weighted by molar-refractivity contribution is 0.482. The molecule has 0 aliphatic heterocycles. The molecule has 106 valence electrons. The molecule has 2 aromatic rings. The molecule has 1 aliphatic rings. The van der Waals surface area contributed by atoms with Crippen LogP contribution in [0.4, 0.5) is 5.69 Å². The number of nitrogens with zero attached hydrogens (tertiary/aromatic N) is 2. The highest BCUT2D eigenvalue weighted by Crippen LogP contribution is 2.30. The van der Waals surface area contributed by atoms with Crippen LogP contribution in [0.25, 0.3) is 0 Å². The van der Waals surface area contributed by atoms with Crippen LogP contribution in [0.5, 0.6) is 0 Å². The van der Waals surface area contributed by atoms with E-state index < -0.39 is 0 Å². The molecule has 3 rings (SSSR count). The van der Waals surface area contributed by atoms with Crippen molar-refractivity contribution in [2.75, 3.05) is 5.32 Å². The second-order valence-electron chi connectivity index (χ2n) is 5.39. The van der Waals surface area contributed by atoms with Gasteiger partial charge in [0, 0.05) is 16.6 Å². The molecule has 1 heterocycles. The first kappa shape index (κ1) is 13.5. The predicted octanol–water partition coefficient (Wildman–Crippen LogP) is 3.95. The number of hydrogen-bond acceptors (Lipinski definition) is 4. The summed E-state index contributed by atoms with van der Waals surface area (Å²) in [5, 5.41) is 11.2. The highest BCUT2D eigenvalue weighted by Gasteiger charge is 2.21. The first-order chi connectivity index (χ1) is 9.81. The van der Waals surface area contributed by atoms with Gasteiger partial charge in [-0.1, -0.05) is 24.6 Å². The Hall–Kier alpha value is -1.49. The lowest BCUT2D eigenvalue weighted by atomic mass is 9.99. The van der Waals surface area contributed by atoms with Gasteiger partial charge in [0.25, 0.3) is 0 Å². The Morgan fingerprint density at radius 1 is 1.25 bits per heavy atom. The Kier molecular flexibility index (Phi) is 4.25. The molecular weight excluding hydrogens is 268 g/mol. The van der Waals surface area contributed by atoms with Crippen LogP contribution >= 0.6 is 11.8 Å². The number of rotatable bonds is 5. The summed E-state index contributed by atoms with van der Waals surface area (Å²) in [6.07, 6.45) is 7.05. The highest BCUT2D eigenvalue weighted by atomic mass is 32.2. The molecule has 20 heavy (non-hydrogen) atoms. The van der Waals surface area contributed by atoms with E-state index in [-0.39, 0.29) is 0 Å². The number of aromatic nitrogens is 3. The van der Waals surface area contributed by atoms with E-state index in [1.165, 1.54) is 42.6 Å². The molecule has 0 amide bonds. The van der Waals surface area contributed by atoms with Crippen LogP contribution in [0.2, 0.25) is 0 Å². The Morgan fingerprint density at radius 3 is 2.65 bits per heavy atom. The van der Waals surface area contributed by atoms with E-state index in [2.05, 4.69) is 51.7 Å². The van der Waals surface area contributed by atoms with Gasteiger partial charge in [0.15, 0.2) is 5.16 Å². The molecule has 1 fully saturated rings. The Morgan fingerprint density at radius 2 is 2.00 bits per heavy atom. The fraction of sp³-hybridized carbons (Fsp3) is 0.467. The van der Waals surface area contributed by atoms with E-state index >= 15 is 0 Å². The lowest BCUT2D eigenvalue weighted by Crippen LogP contribution is -2.23. The lowest BCUT2D eigenvalue weighted by Gasteiger charge is -2.21. The molecule has 1 aliphatic carbocycles. The summed E-state index contributed by atoms with van der Waals surface area (Å²) >= 11 is 1.59. The van der Waals surface area contributed by atoms with Crippen molar-refractivity contribution in [3.8, 4) is 0 Å². The van der Waals surface area contributed by atoms with Crippen molar-refractivity contribution in [3.05, 3.63) is 30.6 Å². The molecule has 1 atom stereocenters. The number of nitrogens with one attached hydrogen (secondary N) is 2. The normalized spacial score (nSPS) is 17.2. The monoisotopic (exact) mass is 288 g/mol. The zero-order valence-corrected chi connectivity index (χ0v) is 12.5. The number of H-pyrrole nitrogens is 1. The van der Waals surface area contributed by atoms with Crippen molar-refractivity contribution < 1.29 is 0 Å². The summed E-state index contributed by atoms with van der Waals surface area (Å²) in [5.41, 5.74) is 1.20. The standard InChI is InChI=1S/C15H20N4S/c1-11(12-4-2-3-5-12)18-13-6-8-14(9-7-13)20-15-16-10-17-19-15/h6-12,18H,2-5H2,1H3,(H,16,17,19). The average Bonchev–Trinajstić information content (AvgIpc) is 3.13. The number of aromatic amines is 1. The van der Waals surface area contributed by atoms with Gasteiger partial charge in [-0.05, 0) is 49.9 Å². The van der Waals surface area contributed by atoms with Crippen LogP contribution in [-0.2, 0) is 0 Å². The summed E-state index contributed by atoms with van der Waals surface area (Å²) in [6, 6.07) is 9.09. The summed E-state index contributed by atoms with van der Waals surface area (Å²) < 4.78 is 0. The van der Waals surface area contributed by atoms with E-state index in [0.717, 1.165) is 11.1 Å². The molecule has 2 N–H and O–H groups in total. The molecular formula is C15H20N4S. The maximum absolute atomic E-state index is 4.12. The van der Waals surface area contributed by atoms with Crippen LogP contribution in [0.15, 0.2) is 40.6 Å². The molecule has 0 spiro atoms. The van der Waals surface area contributed by atoms with Gasteiger partial charge in [-0.15, -0.1) is 0 Å². The van der Waals surface area contributed by atoms with Crippen molar-refractivity contribution in [2.24, 2.45) is 5.92 Å². The van der Waals surface area contributed by atoms with Gasteiger partial charge in [-0.25, -0.2) is 4.98 Å². The minimum atomic E-state index is 0.560. The van der Waals surface area contributed by atoms with E-state index in [1.807, 2.05) is 0 Å². The van der Waals surface area contributed by atoms with Crippen LogP contribution in [0.3, 0.4) is 0 Å². The molecule has 1 unspecified atom stereocenters. The first-order valence-electron chi connectivity index (χ1n) is 7.21. The van der Waals surface area contributed by atoms with Gasteiger partial charge < -0.3 is 5.32 Å². The molecule has 4 nitrogen and oxygen atoms in total. The Balaban J connectivity index is 1.58. The van der Waals surface area contributed by atoms with Gasteiger partial charge in [0.05, 0.1) is 0 Å². The molecule has 1 aromatic carbocycles. The van der Waals surface area contributed by atoms with Gasteiger partial charge >= 0.3 is 0 Å².